The molecule has 2 atom stereocenters. The summed E-state index contributed by atoms with van der Waals surface area (Å²) >= 11 is 0. The van der Waals surface area contributed by atoms with Crippen molar-refractivity contribution in [3.05, 3.63) is 24.3 Å². The van der Waals surface area contributed by atoms with Crippen molar-refractivity contribution in [3.63, 3.8) is 0 Å². The SMILES string of the molecule is CN([C-]=O)c1cccc([Si](C)(C)CC[Si](C)(C)C[Si](CCC(F)(OC(F)(F)C(F)(OC(F)(F)C(F)(F)OF)C(F)(F)F)C(F)(F)F)(C[SiH](C)C)C[SiH](C)C)c1.[Rf]. The van der Waals surface area contributed by atoms with Crippen LogP contribution in [0.25, 0.3) is 0 Å². The average Bonchev–Trinajstić information content (AvgIpc) is 3.00. The molecule has 0 radical (unpaired) electrons. The molecule has 1 rings (SSSR count). The van der Waals surface area contributed by atoms with E-state index in [0.717, 1.165) is 5.19 Å². The number of nitrogens with zero attached hydrogens (tertiary/aromatic N) is 1. The predicted molar refractivity (Wildman–Crippen MR) is 191 cm³/mol. The maximum Gasteiger partial charge on any atom is 0.478 e. The van der Waals surface area contributed by atoms with Gasteiger partial charge in [-0.1, -0.05) is 105 Å². The van der Waals surface area contributed by atoms with E-state index in [-0.39, 0.29) is 0 Å². The molecule has 5 nitrogen and oxygen atoms in total. The van der Waals surface area contributed by atoms with Crippen LogP contribution in [0.4, 0.5) is 71.7 Å². The Balaban J connectivity index is 0.0000302. The smallest absolute Gasteiger partial charge is 0.478 e. The van der Waals surface area contributed by atoms with Crippen molar-refractivity contribution in [3.8, 4) is 0 Å². The van der Waals surface area contributed by atoms with Crippen LogP contribution >= 0.6 is 0 Å². The molecule has 0 aromatic heterocycles. The van der Waals surface area contributed by atoms with E-state index in [2.05, 4.69) is 17.8 Å². The van der Waals surface area contributed by atoms with Crippen LogP contribution < -0.4 is 10.1 Å². The molecule has 0 aliphatic carbocycles. The second-order valence-corrected chi connectivity index (χ2v) is 39.7. The summed E-state index contributed by atoms with van der Waals surface area (Å²) in [5.74, 6) is -13.4. The van der Waals surface area contributed by atoms with Crippen LogP contribution in [0.1, 0.15) is 6.42 Å². The normalized spacial score (nSPS) is 16.4. The number of ether oxygens (including phenoxy) is 2. The maximum atomic E-state index is 15.9. The van der Waals surface area contributed by atoms with Crippen molar-refractivity contribution in [1.29, 1.82) is 0 Å². The van der Waals surface area contributed by atoms with Gasteiger partial charge in [0.2, 0.25) is 0 Å². The molecule has 0 bridgehead atoms. The molecular weight excluding hydrogens is 1130 g/mol. The van der Waals surface area contributed by atoms with E-state index in [1.54, 1.807) is 18.5 Å². The first-order valence-corrected chi connectivity index (χ1v) is 32.6. The van der Waals surface area contributed by atoms with Gasteiger partial charge in [0.1, 0.15) is 0 Å². The largest absolute Gasteiger partial charge is 0.479 e. The van der Waals surface area contributed by atoms with Crippen LogP contribution in [0, 0.1) is 0 Å². The zero-order valence-corrected chi connectivity index (χ0v) is 44.1. The number of benzene rings is 1. The number of alkyl halides is 14. The number of hydrogen-bond donors (Lipinski definition) is 0. The van der Waals surface area contributed by atoms with Crippen molar-refractivity contribution in [2.45, 2.75) is 136 Å². The van der Waals surface area contributed by atoms with E-state index in [0.29, 0.717) is 34.8 Å². The van der Waals surface area contributed by atoms with Crippen molar-refractivity contribution in [1.82, 2.24) is 0 Å². The molecule has 0 aliphatic rings. The first-order chi connectivity index (χ1) is 24.4. The van der Waals surface area contributed by atoms with Crippen LogP contribution in [0.15, 0.2) is 24.3 Å². The zero-order chi connectivity index (χ0) is 43.5. The van der Waals surface area contributed by atoms with Gasteiger partial charge in [0.25, 0.3) is 0 Å². The summed E-state index contributed by atoms with van der Waals surface area (Å²) in [6.07, 6.45) is -36.1. The minimum absolute atomic E-state index is 0. The number of hydrogen-bond acceptors (Lipinski definition) is 4. The fourth-order valence-corrected chi connectivity index (χ4v) is 45.2. The molecule has 56 heavy (non-hydrogen) atoms. The van der Waals surface area contributed by atoms with Crippen LogP contribution in [-0.4, -0.2) is 97.7 Å². The summed E-state index contributed by atoms with van der Waals surface area (Å²) in [6, 6.07) is 7.74. The van der Waals surface area contributed by atoms with Gasteiger partial charge in [0.05, 0.1) is 14.5 Å². The molecule has 0 N–H and O–H groups in total. The number of carbonyl (C=O) groups excluding carboxylic acids is 1. The Morgan fingerprint density at radius 2 is 1.21 bits per heavy atom. The van der Waals surface area contributed by atoms with Gasteiger partial charge in [0.15, 0.2) is 0 Å². The molecule has 324 valence electrons. The van der Waals surface area contributed by atoms with E-state index >= 15 is 4.39 Å². The fraction of sp³-hybridized carbons (Fsp3) is 0.767. The Morgan fingerprint density at radius 3 is 1.62 bits per heavy atom. The van der Waals surface area contributed by atoms with Crippen molar-refractivity contribution < 1.29 is 85.2 Å². The molecule has 0 saturated heterocycles. The van der Waals surface area contributed by atoms with Crippen molar-refractivity contribution in [2.75, 3.05) is 11.9 Å². The topological polar surface area (TPSA) is 48.0 Å². The van der Waals surface area contributed by atoms with E-state index in [1.165, 1.54) is 16.9 Å². The first kappa shape index (κ1) is 53.6. The van der Waals surface area contributed by atoms with E-state index < -0.39 is 96.7 Å². The quantitative estimate of drug-likeness (QED) is 0.0503. The Morgan fingerprint density at radius 1 is 0.714 bits per heavy atom. The summed E-state index contributed by atoms with van der Waals surface area (Å²) in [5.41, 5.74) is 1.66. The van der Waals surface area contributed by atoms with E-state index in [1.807, 2.05) is 56.2 Å². The minimum atomic E-state index is -7.60. The molecule has 2 unspecified atom stereocenters. The molecule has 1 amide bonds. The Labute approximate surface area is 316 Å². The zero-order valence-electron chi connectivity index (χ0n) is 32.4. The number of amides is 1. The van der Waals surface area contributed by atoms with Crippen molar-refractivity contribution in [2.24, 2.45) is 0 Å². The van der Waals surface area contributed by atoms with E-state index in [9.17, 15) is 66.4 Å². The molecular formula is C30H47F15NO4RfSi5-. The average molecular weight is 1180 g/mol. The summed E-state index contributed by atoms with van der Waals surface area (Å²) in [7, 11) is -9.98. The molecule has 0 spiro atoms. The van der Waals surface area contributed by atoms with Gasteiger partial charge in [-0.2, -0.15) is 57.1 Å². The van der Waals surface area contributed by atoms with Crippen LogP contribution in [0.2, 0.25) is 87.5 Å². The third kappa shape index (κ3) is 13.1. The van der Waals surface area contributed by atoms with Gasteiger partial charge in [0, 0.05) is 40.2 Å². The number of anilines is 1. The van der Waals surface area contributed by atoms with Gasteiger partial charge < -0.3 is 9.69 Å². The number of rotatable bonds is 22. The Hall–Kier alpha value is -2.40. The number of halogens is 15. The second-order valence-electron chi connectivity index (χ2n) is 16.3. The standard InChI is InChI=1S/C30H47F15NO4Si5.Rf/c1-46(18-47)22-11-10-12-23(17-22)54(8,9)16-15-53(6,7)21-55(19-51(2)3,20-52(4)5)14-13-24(31,26(33,34)35)48-28(39,40)25(32,27(36,37)38)49-29(41,42)30(43,44)50-45;/h10-12,17,51-52H,13-16,19-21H2,1-9H3;/q-1;. The Bertz CT molecular complexity index is 1420. The minimum Gasteiger partial charge on any atom is -0.479 e. The summed E-state index contributed by atoms with van der Waals surface area (Å²) in [5, 5.41) is 0.987. The molecule has 26 heteroatoms. The molecule has 0 fully saturated rings. The molecule has 0 saturated carbocycles. The third-order valence-corrected chi connectivity index (χ3v) is 36.3. The van der Waals surface area contributed by atoms with Crippen LogP contribution in [0.5, 0.6) is 0 Å². The predicted octanol–water partition coefficient (Wildman–Crippen LogP) is 10.4. The van der Waals surface area contributed by atoms with Crippen LogP contribution in [-0.2, 0) is 19.2 Å². The maximum absolute atomic E-state index is 15.9. The van der Waals surface area contributed by atoms with Crippen LogP contribution in [0.3, 0.4) is 0 Å². The summed E-state index contributed by atoms with van der Waals surface area (Å²) in [6.45, 7) is 15.5. The second kappa shape index (κ2) is 18.3. The van der Waals surface area contributed by atoms with E-state index in [4.69, 9.17) is 0 Å². The van der Waals surface area contributed by atoms with Gasteiger partial charge in [-0.3, -0.25) is 9.47 Å². The fourth-order valence-electron chi connectivity index (χ4n) is 6.85. The van der Waals surface area contributed by atoms with Gasteiger partial charge in [-0.05, 0) is 11.6 Å². The monoisotopic (exact) mass is 1180 g/mol. The molecule has 0 aliphatic heterocycles. The first-order valence-electron chi connectivity index (χ1n) is 16.9. The molecule has 1 aromatic rings. The van der Waals surface area contributed by atoms with Gasteiger partial charge >= 0.3 is 42.4 Å². The molecule has 0 heterocycles. The van der Waals surface area contributed by atoms with Gasteiger partial charge in [-0.15, -0.1) is 22.8 Å². The van der Waals surface area contributed by atoms with Gasteiger partial charge in [-0.25, -0.2) is 4.39 Å². The third-order valence-electron chi connectivity index (χ3n) is 9.25. The van der Waals surface area contributed by atoms with Crippen molar-refractivity contribution >= 4 is 59.1 Å². The summed E-state index contributed by atoms with van der Waals surface area (Å²) in [4.78, 5) is 13.9. The molecule has 1 aromatic carbocycles. The Kier molecular flexibility index (Phi) is 17.5. The summed E-state index contributed by atoms with van der Waals surface area (Å²) < 4.78 is 214.